The lowest BCUT2D eigenvalue weighted by Crippen LogP contribution is -2.39. The summed E-state index contributed by atoms with van der Waals surface area (Å²) in [6.45, 7) is 8.34. The number of hydrogen-bond acceptors (Lipinski definition) is 3. The van der Waals surface area contributed by atoms with Gasteiger partial charge in [-0.2, -0.15) is 0 Å². The van der Waals surface area contributed by atoms with E-state index in [1.165, 1.54) is 11.1 Å². The molecule has 4 heteroatoms. The van der Waals surface area contributed by atoms with Gasteiger partial charge in [-0.3, -0.25) is 0 Å². The molecule has 110 valence electrons. The molecule has 0 saturated carbocycles. The molecule has 0 aromatic heterocycles. The maximum absolute atomic E-state index is 6.75. The Balaban J connectivity index is 2.08. The Hall–Kier alpha value is -0.930. The van der Waals surface area contributed by atoms with Gasteiger partial charge in [0.15, 0.2) is 0 Å². The molecule has 0 aliphatic carbocycles. The van der Waals surface area contributed by atoms with Gasteiger partial charge in [-0.25, -0.2) is 0 Å². The third kappa shape index (κ3) is 2.49. The Morgan fingerprint density at radius 1 is 1.40 bits per heavy atom. The molecule has 1 aromatic carbocycles. The number of fused-ring (bicyclic) bond motifs is 2. The van der Waals surface area contributed by atoms with Gasteiger partial charge in [0, 0.05) is 6.54 Å². The van der Waals surface area contributed by atoms with Crippen LogP contribution < -0.4 is 15.0 Å². The third-order valence-corrected chi connectivity index (χ3v) is 4.54. The lowest BCUT2D eigenvalue weighted by atomic mass is 9.99. The highest BCUT2D eigenvalue weighted by Gasteiger charge is 2.28. The lowest BCUT2D eigenvalue weighted by molar-refractivity contribution is 0.212. The molecular formula is C16H23ClN2O. The van der Waals surface area contributed by atoms with Gasteiger partial charge in [0.05, 0.1) is 17.3 Å². The van der Waals surface area contributed by atoms with Crippen LogP contribution in [0.1, 0.15) is 31.4 Å². The van der Waals surface area contributed by atoms with Crippen LogP contribution in [-0.2, 0) is 12.8 Å². The fraction of sp³-hybridized carbons (Fsp3) is 0.625. The molecular weight excluding hydrogens is 272 g/mol. The summed E-state index contributed by atoms with van der Waals surface area (Å²) in [5.74, 6) is 0.975. The Morgan fingerprint density at radius 3 is 3.00 bits per heavy atom. The Labute approximate surface area is 126 Å². The smallest absolute Gasteiger partial charge is 0.144 e. The second kappa shape index (κ2) is 5.82. The quantitative estimate of drug-likeness (QED) is 0.907. The van der Waals surface area contributed by atoms with E-state index in [-0.39, 0.29) is 6.10 Å². The molecule has 0 radical (unpaired) electrons. The number of nitrogens with one attached hydrogen (secondary N) is 1. The van der Waals surface area contributed by atoms with Crippen molar-refractivity contribution in [2.24, 2.45) is 0 Å². The summed E-state index contributed by atoms with van der Waals surface area (Å²) in [5, 5.41) is 4.36. The molecule has 2 aliphatic heterocycles. The van der Waals surface area contributed by atoms with Crippen molar-refractivity contribution < 1.29 is 4.74 Å². The average molecular weight is 295 g/mol. The maximum Gasteiger partial charge on any atom is 0.144 e. The highest BCUT2D eigenvalue weighted by Crippen LogP contribution is 2.43. The number of ether oxygens (including phenoxy) is 1. The average Bonchev–Trinajstić information content (AvgIpc) is 2.64. The van der Waals surface area contributed by atoms with Crippen LogP contribution in [0.4, 0.5) is 5.69 Å². The summed E-state index contributed by atoms with van der Waals surface area (Å²) in [4.78, 5) is 2.39. The van der Waals surface area contributed by atoms with E-state index in [2.05, 4.69) is 30.1 Å². The summed E-state index contributed by atoms with van der Waals surface area (Å²) in [6.07, 6.45) is 3.40. The van der Waals surface area contributed by atoms with Gasteiger partial charge in [-0.05, 0) is 56.5 Å². The van der Waals surface area contributed by atoms with Crippen molar-refractivity contribution in [1.82, 2.24) is 5.32 Å². The van der Waals surface area contributed by atoms with Crippen molar-refractivity contribution in [2.45, 2.75) is 39.2 Å². The zero-order valence-electron chi connectivity index (χ0n) is 12.3. The van der Waals surface area contributed by atoms with Gasteiger partial charge in [0.2, 0.25) is 0 Å². The van der Waals surface area contributed by atoms with E-state index in [0.29, 0.717) is 0 Å². The zero-order valence-corrected chi connectivity index (χ0v) is 13.1. The van der Waals surface area contributed by atoms with E-state index < -0.39 is 0 Å². The van der Waals surface area contributed by atoms with E-state index in [4.69, 9.17) is 16.3 Å². The molecule has 1 atom stereocenters. The van der Waals surface area contributed by atoms with Gasteiger partial charge in [-0.1, -0.05) is 18.5 Å². The van der Waals surface area contributed by atoms with E-state index in [9.17, 15) is 0 Å². The molecule has 0 amide bonds. The molecule has 0 fully saturated rings. The molecule has 2 heterocycles. The van der Waals surface area contributed by atoms with E-state index in [1.54, 1.807) is 0 Å². The second-order valence-electron chi connectivity index (χ2n) is 5.80. The zero-order chi connectivity index (χ0) is 14.1. The summed E-state index contributed by atoms with van der Waals surface area (Å²) >= 11 is 6.75. The topological polar surface area (TPSA) is 24.5 Å². The number of anilines is 1. The standard InChI is InChI=1S/C16H23ClN2O/c1-3-8-19-10-11(2)20-14-9-12-4-6-18-7-5-13(12)15(17)16(14)19/h9,11,18H,3-8,10H2,1-2H3. The van der Waals surface area contributed by atoms with Crippen LogP contribution in [0, 0.1) is 0 Å². The van der Waals surface area contributed by atoms with Crippen LogP contribution in [-0.4, -0.2) is 32.3 Å². The summed E-state index contributed by atoms with van der Waals surface area (Å²) < 4.78 is 6.05. The van der Waals surface area contributed by atoms with Crippen molar-refractivity contribution in [3.63, 3.8) is 0 Å². The van der Waals surface area contributed by atoms with Crippen molar-refractivity contribution >= 4 is 17.3 Å². The highest BCUT2D eigenvalue weighted by molar-refractivity contribution is 6.34. The van der Waals surface area contributed by atoms with E-state index >= 15 is 0 Å². The first-order valence-electron chi connectivity index (χ1n) is 7.67. The van der Waals surface area contributed by atoms with Crippen LogP contribution in [0.5, 0.6) is 5.75 Å². The van der Waals surface area contributed by atoms with Crippen LogP contribution in [0.3, 0.4) is 0 Å². The molecule has 1 N–H and O–H groups in total. The first-order valence-corrected chi connectivity index (χ1v) is 8.05. The first-order chi connectivity index (χ1) is 9.70. The Kier molecular flexibility index (Phi) is 4.08. The maximum atomic E-state index is 6.75. The number of rotatable bonds is 2. The fourth-order valence-corrected chi connectivity index (χ4v) is 3.70. The van der Waals surface area contributed by atoms with Crippen molar-refractivity contribution in [3.05, 3.63) is 22.2 Å². The van der Waals surface area contributed by atoms with Crippen LogP contribution in [0.25, 0.3) is 0 Å². The van der Waals surface area contributed by atoms with Gasteiger partial charge < -0.3 is 15.0 Å². The third-order valence-electron chi connectivity index (χ3n) is 4.14. The van der Waals surface area contributed by atoms with E-state index in [0.717, 1.165) is 61.9 Å². The van der Waals surface area contributed by atoms with Crippen molar-refractivity contribution in [2.75, 3.05) is 31.1 Å². The SMILES string of the molecule is CCCN1CC(C)Oc2cc3c(c(Cl)c21)CCNCC3. The molecule has 0 spiro atoms. The molecule has 3 rings (SSSR count). The summed E-state index contributed by atoms with van der Waals surface area (Å²) in [5.41, 5.74) is 3.78. The second-order valence-corrected chi connectivity index (χ2v) is 6.18. The van der Waals surface area contributed by atoms with Crippen LogP contribution >= 0.6 is 11.6 Å². The highest BCUT2D eigenvalue weighted by atomic mass is 35.5. The minimum atomic E-state index is 0.229. The van der Waals surface area contributed by atoms with Gasteiger partial charge in [0.25, 0.3) is 0 Å². The minimum absolute atomic E-state index is 0.229. The number of hydrogen-bond donors (Lipinski definition) is 1. The predicted molar refractivity (Wildman–Crippen MR) is 84.3 cm³/mol. The van der Waals surface area contributed by atoms with Gasteiger partial charge in [-0.15, -0.1) is 0 Å². The van der Waals surface area contributed by atoms with Gasteiger partial charge in [0.1, 0.15) is 11.9 Å². The molecule has 2 aliphatic rings. The predicted octanol–water partition coefficient (Wildman–Crippen LogP) is 3.03. The summed E-state index contributed by atoms with van der Waals surface area (Å²) in [7, 11) is 0. The largest absolute Gasteiger partial charge is 0.487 e. The first kappa shape index (κ1) is 14.0. The molecule has 20 heavy (non-hydrogen) atoms. The Bertz CT molecular complexity index is 504. The van der Waals surface area contributed by atoms with Gasteiger partial charge >= 0.3 is 0 Å². The molecule has 0 saturated heterocycles. The number of benzene rings is 1. The molecule has 1 aromatic rings. The van der Waals surface area contributed by atoms with Crippen molar-refractivity contribution in [1.29, 1.82) is 0 Å². The lowest BCUT2D eigenvalue weighted by Gasteiger charge is -2.36. The number of halogens is 1. The molecule has 0 bridgehead atoms. The van der Waals surface area contributed by atoms with Crippen LogP contribution in [0.2, 0.25) is 5.02 Å². The summed E-state index contributed by atoms with van der Waals surface area (Å²) in [6, 6.07) is 2.22. The number of nitrogens with zero attached hydrogens (tertiary/aromatic N) is 1. The molecule has 1 unspecified atom stereocenters. The molecule has 3 nitrogen and oxygen atoms in total. The minimum Gasteiger partial charge on any atom is -0.487 e. The monoisotopic (exact) mass is 294 g/mol. The Morgan fingerprint density at radius 2 is 2.20 bits per heavy atom. The van der Waals surface area contributed by atoms with E-state index in [1.807, 2.05) is 0 Å². The van der Waals surface area contributed by atoms with Crippen molar-refractivity contribution in [3.8, 4) is 5.75 Å². The normalized spacial score (nSPS) is 21.8. The fourth-order valence-electron chi connectivity index (χ4n) is 3.27. The van der Waals surface area contributed by atoms with Crippen LogP contribution in [0.15, 0.2) is 6.07 Å².